The Balaban J connectivity index is 0.000000791. The number of nitrogen functional groups attached to an aromatic ring is 1. The van der Waals surface area contributed by atoms with Crippen LogP contribution in [0.1, 0.15) is 26.3 Å². The molecule has 4 heteroatoms. The van der Waals surface area contributed by atoms with E-state index in [0.717, 1.165) is 6.07 Å². The van der Waals surface area contributed by atoms with Gasteiger partial charge in [0.2, 0.25) is 0 Å². The van der Waals surface area contributed by atoms with E-state index in [-0.39, 0.29) is 17.0 Å². The lowest BCUT2D eigenvalue weighted by molar-refractivity contribution is 0.583. The molecule has 1 rings (SSSR count). The molecule has 0 bridgehead atoms. The first-order valence-corrected chi connectivity index (χ1v) is 4.32. The van der Waals surface area contributed by atoms with Gasteiger partial charge in [0.25, 0.3) is 0 Å². The number of halogens is 2. The molecule has 14 heavy (non-hydrogen) atoms. The summed E-state index contributed by atoms with van der Waals surface area (Å²) in [6.07, 6.45) is 0. The summed E-state index contributed by atoms with van der Waals surface area (Å²) >= 11 is 0. The molecule has 0 aliphatic carbocycles. The molecule has 1 aromatic rings. The lowest BCUT2D eigenvalue weighted by Crippen LogP contribution is -2.04. The number of nitrogens with two attached hydrogens (primary N) is 1. The first-order valence-electron chi connectivity index (χ1n) is 4.32. The van der Waals surface area contributed by atoms with E-state index in [1.807, 2.05) is 13.8 Å². The minimum absolute atomic E-state index is 0.00926. The first kappa shape index (κ1) is 12.6. The van der Waals surface area contributed by atoms with Crippen LogP contribution in [-0.2, 0) is 0 Å². The molecular formula is C10H14F2N2. The highest BCUT2D eigenvalue weighted by Gasteiger charge is 2.10. The van der Waals surface area contributed by atoms with Crippen molar-refractivity contribution in [2.45, 2.75) is 20.8 Å². The second kappa shape index (κ2) is 5.32. The van der Waals surface area contributed by atoms with Gasteiger partial charge in [0.15, 0.2) is 0 Å². The van der Waals surface area contributed by atoms with Crippen molar-refractivity contribution in [1.29, 1.82) is 5.41 Å². The number of rotatable bonds is 1. The van der Waals surface area contributed by atoms with Gasteiger partial charge in [0.05, 0.1) is 5.56 Å². The maximum atomic E-state index is 12.9. The van der Waals surface area contributed by atoms with Gasteiger partial charge in [0, 0.05) is 17.5 Å². The third-order valence-corrected chi connectivity index (χ3v) is 1.46. The summed E-state index contributed by atoms with van der Waals surface area (Å²) in [5, 5.41) is 7.15. The van der Waals surface area contributed by atoms with Gasteiger partial charge < -0.3 is 11.1 Å². The van der Waals surface area contributed by atoms with Gasteiger partial charge in [-0.15, -0.1) is 0 Å². The van der Waals surface area contributed by atoms with Crippen LogP contribution in [0.5, 0.6) is 0 Å². The summed E-state index contributed by atoms with van der Waals surface area (Å²) in [5.41, 5.74) is 5.22. The predicted molar refractivity (Wildman–Crippen MR) is 54.6 cm³/mol. The zero-order valence-corrected chi connectivity index (χ0v) is 8.49. The third-order valence-electron chi connectivity index (χ3n) is 1.46. The van der Waals surface area contributed by atoms with Crippen LogP contribution in [-0.4, -0.2) is 5.71 Å². The van der Waals surface area contributed by atoms with Gasteiger partial charge in [-0.3, -0.25) is 0 Å². The second-order valence-corrected chi connectivity index (χ2v) is 2.48. The highest BCUT2D eigenvalue weighted by atomic mass is 19.1. The molecule has 78 valence electrons. The van der Waals surface area contributed by atoms with E-state index in [2.05, 4.69) is 0 Å². The van der Waals surface area contributed by atoms with Crippen LogP contribution in [0.2, 0.25) is 0 Å². The molecule has 0 aliphatic heterocycles. The molecule has 0 aliphatic rings. The first-order chi connectivity index (χ1) is 6.52. The minimum atomic E-state index is -0.792. The van der Waals surface area contributed by atoms with Gasteiger partial charge in [-0.1, -0.05) is 13.8 Å². The molecule has 0 fully saturated rings. The Morgan fingerprint density at radius 1 is 1.29 bits per heavy atom. The topological polar surface area (TPSA) is 49.9 Å². The van der Waals surface area contributed by atoms with Gasteiger partial charge in [-0.05, 0) is 13.0 Å². The molecule has 1 aromatic carbocycles. The normalized spacial score (nSPS) is 8.93. The Morgan fingerprint density at radius 2 is 1.79 bits per heavy atom. The highest BCUT2D eigenvalue weighted by molar-refractivity contribution is 6.01. The number of hydrogen-bond donors (Lipinski definition) is 2. The zero-order chi connectivity index (χ0) is 11.3. The Hall–Kier alpha value is -1.45. The van der Waals surface area contributed by atoms with Crippen molar-refractivity contribution in [2.24, 2.45) is 0 Å². The molecule has 0 radical (unpaired) electrons. The molecule has 3 N–H and O–H groups in total. The van der Waals surface area contributed by atoms with Gasteiger partial charge in [-0.25, -0.2) is 8.78 Å². The summed E-state index contributed by atoms with van der Waals surface area (Å²) in [7, 11) is 0. The average molecular weight is 200 g/mol. The Labute approximate surface area is 82.3 Å². The second-order valence-electron chi connectivity index (χ2n) is 2.48. The van der Waals surface area contributed by atoms with Crippen molar-refractivity contribution in [3.63, 3.8) is 0 Å². The molecule has 0 amide bonds. The monoisotopic (exact) mass is 200 g/mol. The van der Waals surface area contributed by atoms with Crippen LogP contribution < -0.4 is 5.73 Å². The van der Waals surface area contributed by atoms with E-state index in [1.165, 1.54) is 6.92 Å². The Morgan fingerprint density at radius 3 is 2.14 bits per heavy atom. The van der Waals surface area contributed by atoms with E-state index in [0.29, 0.717) is 6.07 Å². The fourth-order valence-electron chi connectivity index (χ4n) is 0.989. The van der Waals surface area contributed by atoms with Crippen LogP contribution in [0, 0.1) is 17.0 Å². The maximum absolute atomic E-state index is 12.9. The van der Waals surface area contributed by atoms with Crippen LogP contribution in [0.3, 0.4) is 0 Å². The minimum Gasteiger partial charge on any atom is -0.398 e. The average Bonchev–Trinajstić information content (AvgIpc) is 2.04. The van der Waals surface area contributed by atoms with Gasteiger partial charge >= 0.3 is 0 Å². The molecule has 0 aromatic heterocycles. The fourth-order valence-corrected chi connectivity index (χ4v) is 0.989. The van der Waals surface area contributed by atoms with Crippen molar-refractivity contribution < 1.29 is 8.78 Å². The van der Waals surface area contributed by atoms with E-state index in [1.54, 1.807) is 0 Å². The van der Waals surface area contributed by atoms with E-state index >= 15 is 0 Å². The summed E-state index contributed by atoms with van der Waals surface area (Å²) in [6.45, 7) is 5.40. The van der Waals surface area contributed by atoms with Crippen molar-refractivity contribution >= 4 is 11.4 Å². The molecular weight excluding hydrogens is 186 g/mol. The lowest BCUT2D eigenvalue weighted by atomic mass is 10.1. The van der Waals surface area contributed by atoms with Gasteiger partial charge in [0.1, 0.15) is 11.6 Å². The molecule has 0 spiro atoms. The molecule has 2 nitrogen and oxygen atoms in total. The molecule has 0 atom stereocenters. The standard InChI is InChI=1S/C8H8F2N2.C2H6/c1-4(11)8-6(10)2-5(9)3-7(8)12;1-2/h2-3,11H,12H2,1H3;1-2H3. The van der Waals surface area contributed by atoms with Crippen molar-refractivity contribution in [3.8, 4) is 0 Å². The summed E-state index contributed by atoms with van der Waals surface area (Å²) in [4.78, 5) is 0. The summed E-state index contributed by atoms with van der Waals surface area (Å²) < 4.78 is 25.4. The number of hydrogen-bond acceptors (Lipinski definition) is 2. The van der Waals surface area contributed by atoms with Crippen molar-refractivity contribution in [1.82, 2.24) is 0 Å². The number of benzene rings is 1. The lowest BCUT2D eigenvalue weighted by Gasteiger charge is -2.04. The Kier molecular flexibility index (Phi) is 4.77. The number of nitrogens with one attached hydrogen (secondary N) is 1. The van der Waals surface area contributed by atoms with Crippen LogP contribution in [0.4, 0.5) is 14.5 Å². The maximum Gasteiger partial charge on any atom is 0.137 e. The third kappa shape index (κ3) is 2.80. The smallest absolute Gasteiger partial charge is 0.137 e. The van der Waals surface area contributed by atoms with E-state index in [4.69, 9.17) is 11.1 Å². The Bertz CT molecular complexity index is 312. The molecule has 0 unspecified atom stereocenters. The SMILES string of the molecule is CC.CC(=N)c1c(N)cc(F)cc1F. The highest BCUT2D eigenvalue weighted by Crippen LogP contribution is 2.18. The molecule has 0 heterocycles. The number of anilines is 1. The van der Waals surface area contributed by atoms with Crippen molar-refractivity contribution in [3.05, 3.63) is 29.3 Å². The zero-order valence-electron chi connectivity index (χ0n) is 8.49. The molecule has 0 saturated carbocycles. The van der Waals surface area contributed by atoms with Crippen molar-refractivity contribution in [2.75, 3.05) is 5.73 Å². The van der Waals surface area contributed by atoms with E-state index in [9.17, 15) is 8.78 Å². The van der Waals surface area contributed by atoms with E-state index < -0.39 is 11.6 Å². The summed E-state index contributed by atoms with van der Waals surface area (Å²) in [5.74, 6) is -1.52. The van der Waals surface area contributed by atoms with Crippen LogP contribution >= 0.6 is 0 Å². The largest absolute Gasteiger partial charge is 0.398 e. The molecule has 0 saturated heterocycles. The van der Waals surface area contributed by atoms with Gasteiger partial charge in [-0.2, -0.15) is 0 Å². The quantitative estimate of drug-likeness (QED) is 0.531. The van der Waals surface area contributed by atoms with Crippen LogP contribution in [0.15, 0.2) is 12.1 Å². The predicted octanol–water partition coefficient (Wildman–Crippen LogP) is 2.96. The van der Waals surface area contributed by atoms with Crippen LogP contribution in [0.25, 0.3) is 0 Å². The fraction of sp³-hybridized carbons (Fsp3) is 0.300. The summed E-state index contributed by atoms with van der Waals surface area (Å²) in [6, 6.07) is 1.71.